The number of nitrogens with zero attached hydrogens (tertiary/aromatic N) is 2. The van der Waals surface area contributed by atoms with E-state index >= 15 is 0 Å². The first-order valence-corrected chi connectivity index (χ1v) is 7.05. The van der Waals surface area contributed by atoms with E-state index in [1.807, 2.05) is 4.90 Å². The Morgan fingerprint density at radius 1 is 1.26 bits per heavy atom. The van der Waals surface area contributed by atoms with Crippen molar-refractivity contribution in [2.24, 2.45) is 5.84 Å². The molecule has 0 radical (unpaired) electrons. The third kappa shape index (κ3) is 3.66. The van der Waals surface area contributed by atoms with Gasteiger partial charge in [-0.05, 0) is 24.3 Å². The summed E-state index contributed by atoms with van der Waals surface area (Å²) in [5, 5.41) is 0. The molecule has 0 aromatic carbocycles. The van der Waals surface area contributed by atoms with Gasteiger partial charge in [-0.3, -0.25) is 0 Å². The number of hydrazine groups is 1. The van der Waals surface area contributed by atoms with Crippen molar-refractivity contribution in [3.05, 3.63) is 17.7 Å². The summed E-state index contributed by atoms with van der Waals surface area (Å²) in [6.45, 7) is 1.41. The van der Waals surface area contributed by atoms with Crippen molar-refractivity contribution in [2.75, 3.05) is 34.9 Å². The van der Waals surface area contributed by atoms with Crippen molar-refractivity contribution in [1.29, 1.82) is 0 Å². The monoisotopic (exact) mass is 292 g/mol. The standard InChI is InChI=1S/C11H15F3N4S/c12-11(13,14)8-6-9(17-15)16-10(7-8)18-2-1-4-19-5-3-18/h6-7H,1-5,15H2,(H,16,17). The average Bonchev–Trinajstić information content (AvgIpc) is 2.66. The first-order chi connectivity index (χ1) is 9.00. The number of alkyl halides is 3. The van der Waals surface area contributed by atoms with E-state index in [0.29, 0.717) is 18.9 Å². The number of rotatable bonds is 2. The fraction of sp³-hybridized carbons (Fsp3) is 0.545. The number of halogens is 3. The zero-order chi connectivity index (χ0) is 13.9. The Bertz CT molecular complexity index is 430. The molecule has 1 aliphatic rings. The Hall–Kier alpha value is -1.15. The highest BCUT2D eigenvalue weighted by molar-refractivity contribution is 7.99. The third-order valence-electron chi connectivity index (χ3n) is 2.83. The fourth-order valence-electron chi connectivity index (χ4n) is 1.89. The van der Waals surface area contributed by atoms with Gasteiger partial charge in [0.1, 0.15) is 11.6 Å². The van der Waals surface area contributed by atoms with Crippen molar-refractivity contribution in [3.8, 4) is 0 Å². The minimum absolute atomic E-state index is 0.0294. The molecule has 1 aromatic rings. The van der Waals surface area contributed by atoms with Crippen LogP contribution in [-0.4, -0.2) is 29.6 Å². The van der Waals surface area contributed by atoms with Crippen LogP contribution in [0.4, 0.5) is 24.8 Å². The van der Waals surface area contributed by atoms with Gasteiger partial charge in [-0.1, -0.05) is 0 Å². The van der Waals surface area contributed by atoms with Crippen LogP contribution in [0.5, 0.6) is 0 Å². The van der Waals surface area contributed by atoms with E-state index in [-0.39, 0.29) is 5.82 Å². The fourth-order valence-corrected chi connectivity index (χ4v) is 2.78. The van der Waals surface area contributed by atoms with E-state index in [2.05, 4.69) is 10.4 Å². The summed E-state index contributed by atoms with van der Waals surface area (Å²) >= 11 is 1.80. The molecule has 0 unspecified atom stereocenters. The van der Waals surface area contributed by atoms with Crippen LogP contribution in [0.2, 0.25) is 0 Å². The lowest BCUT2D eigenvalue weighted by Crippen LogP contribution is -2.27. The summed E-state index contributed by atoms with van der Waals surface area (Å²) in [5.74, 6) is 7.46. The Morgan fingerprint density at radius 2 is 2.05 bits per heavy atom. The summed E-state index contributed by atoms with van der Waals surface area (Å²) < 4.78 is 38.4. The van der Waals surface area contributed by atoms with Crippen molar-refractivity contribution >= 4 is 23.4 Å². The lowest BCUT2D eigenvalue weighted by Gasteiger charge is -2.22. The quantitative estimate of drug-likeness (QED) is 0.647. The summed E-state index contributed by atoms with van der Waals surface area (Å²) in [4.78, 5) is 5.98. The van der Waals surface area contributed by atoms with E-state index in [4.69, 9.17) is 5.84 Å². The van der Waals surface area contributed by atoms with Gasteiger partial charge < -0.3 is 10.3 Å². The second-order valence-corrected chi connectivity index (χ2v) is 5.42. The molecule has 3 N–H and O–H groups in total. The maximum atomic E-state index is 12.8. The van der Waals surface area contributed by atoms with Crippen molar-refractivity contribution in [2.45, 2.75) is 12.6 Å². The molecule has 1 saturated heterocycles. The molecular weight excluding hydrogens is 277 g/mol. The molecule has 0 saturated carbocycles. The SMILES string of the molecule is NNc1cc(C(F)(F)F)cc(N2CCCSCC2)n1. The Morgan fingerprint density at radius 3 is 2.74 bits per heavy atom. The van der Waals surface area contributed by atoms with Crippen LogP contribution in [0, 0.1) is 0 Å². The topological polar surface area (TPSA) is 54.2 Å². The molecule has 106 valence electrons. The molecule has 4 nitrogen and oxygen atoms in total. The molecule has 0 aliphatic carbocycles. The van der Waals surface area contributed by atoms with Crippen LogP contribution in [0.15, 0.2) is 12.1 Å². The molecule has 0 bridgehead atoms. The molecule has 0 atom stereocenters. The number of nitrogens with two attached hydrogens (primary N) is 1. The molecule has 0 amide bonds. The number of aromatic nitrogens is 1. The number of thioether (sulfide) groups is 1. The number of nitrogens with one attached hydrogen (secondary N) is 1. The van der Waals surface area contributed by atoms with Crippen LogP contribution < -0.4 is 16.2 Å². The third-order valence-corrected chi connectivity index (χ3v) is 3.88. The van der Waals surface area contributed by atoms with Gasteiger partial charge >= 0.3 is 6.18 Å². The van der Waals surface area contributed by atoms with Crippen LogP contribution in [0.3, 0.4) is 0 Å². The zero-order valence-electron chi connectivity index (χ0n) is 10.2. The maximum absolute atomic E-state index is 12.8. The summed E-state index contributed by atoms with van der Waals surface area (Å²) in [5.41, 5.74) is 1.46. The van der Waals surface area contributed by atoms with Gasteiger partial charge in [0.15, 0.2) is 0 Å². The number of nitrogen functional groups attached to an aromatic ring is 1. The molecule has 19 heavy (non-hydrogen) atoms. The zero-order valence-corrected chi connectivity index (χ0v) is 11.0. The lowest BCUT2D eigenvalue weighted by atomic mass is 10.2. The molecule has 1 aliphatic heterocycles. The molecule has 0 spiro atoms. The number of pyridine rings is 1. The minimum atomic E-state index is -4.40. The highest BCUT2D eigenvalue weighted by atomic mass is 32.2. The smallest absolute Gasteiger partial charge is 0.356 e. The molecule has 2 rings (SSSR count). The van der Waals surface area contributed by atoms with Crippen LogP contribution in [0.1, 0.15) is 12.0 Å². The predicted molar refractivity (Wildman–Crippen MR) is 71.2 cm³/mol. The molecule has 1 aromatic heterocycles. The van der Waals surface area contributed by atoms with E-state index < -0.39 is 11.7 Å². The Balaban J connectivity index is 2.33. The van der Waals surface area contributed by atoms with Gasteiger partial charge in [-0.15, -0.1) is 0 Å². The molecule has 8 heteroatoms. The maximum Gasteiger partial charge on any atom is 0.416 e. The first kappa shape index (κ1) is 14.3. The van der Waals surface area contributed by atoms with E-state index in [1.54, 1.807) is 11.8 Å². The van der Waals surface area contributed by atoms with Gasteiger partial charge in [-0.25, -0.2) is 10.8 Å². The Kier molecular flexibility index (Phi) is 4.41. The number of hydrogen-bond donors (Lipinski definition) is 2. The summed E-state index contributed by atoms with van der Waals surface area (Å²) in [6.07, 6.45) is -3.46. The second-order valence-electron chi connectivity index (χ2n) is 4.19. The Labute approximate surface area is 113 Å². The molecule has 1 fully saturated rings. The highest BCUT2D eigenvalue weighted by Gasteiger charge is 2.32. The minimum Gasteiger partial charge on any atom is -0.356 e. The predicted octanol–water partition coefficient (Wildman–Crippen LogP) is 2.33. The van der Waals surface area contributed by atoms with Gasteiger partial charge in [0.05, 0.1) is 5.56 Å². The van der Waals surface area contributed by atoms with Crippen LogP contribution in [0.25, 0.3) is 0 Å². The van der Waals surface area contributed by atoms with Gasteiger partial charge in [0, 0.05) is 18.8 Å². The summed E-state index contributed by atoms with van der Waals surface area (Å²) in [7, 11) is 0. The summed E-state index contributed by atoms with van der Waals surface area (Å²) in [6, 6.07) is 1.99. The molecule has 2 heterocycles. The van der Waals surface area contributed by atoms with Gasteiger partial charge in [-0.2, -0.15) is 24.9 Å². The number of anilines is 2. The van der Waals surface area contributed by atoms with E-state index in [1.165, 1.54) is 0 Å². The van der Waals surface area contributed by atoms with Crippen LogP contribution >= 0.6 is 11.8 Å². The van der Waals surface area contributed by atoms with Crippen molar-refractivity contribution in [1.82, 2.24) is 4.98 Å². The van der Waals surface area contributed by atoms with Crippen molar-refractivity contribution in [3.63, 3.8) is 0 Å². The largest absolute Gasteiger partial charge is 0.416 e. The van der Waals surface area contributed by atoms with Crippen LogP contribution in [-0.2, 0) is 6.18 Å². The first-order valence-electron chi connectivity index (χ1n) is 5.89. The second kappa shape index (κ2) is 5.87. The van der Waals surface area contributed by atoms with Crippen molar-refractivity contribution < 1.29 is 13.2 Å². The lowest BCUT2D eigenvalue weighted by molar-refractivity contribution is -0.137. The molecular formula is C11H15F3N4S. The van der Waals surface area contributed by atoms with E-state index in [0.717, 1.165) is 30.1 Å². The van der Waals surface area contributed by atoms with Gasteiger partial charge in [0.2, 0.25) is 0 Å². The average molecular weight is 292 g/mol. The highest BCUT2D eigenvalue weighted by Crippen LogP contribution is 2.33. The normalized spacial score (nSPS) is 17.2. The van der Waals surface area contributed by atoms with E-state index in [9.17, 15) is 13.2 Å². The number of hydrogen-bond acceptors (Lipinski definition) is 5. The van der Waals surface area contributed by atoms with Gasteiger partial charge in [0.25, 0.3) is 0 Å².